The topological polar surface area (TPSA) is 56.9 Å². The molecule has 0 saturated carbocycles. The number of hydrogen-bond acceptors (Lipinski definition) is 2. The number of aromatic nitrogens is 1. The molecule has 3 aromatic rings. The van der Waals surface area contributed by atoms with Gasteiger partial charge < -0.3 is 15.6 Å². The summed E-state index contributed by atoms with van der Waals surface area (Å²) in [5.74, 6) is 0.0462. The number of rotatable bonds is 8. The van der Waals surface area contributed by atoms with Gasteiger partial charge >= 0.3 is 0 Å². The highest BCUT2D eigenvalue weighted by Crippen LogP contribution is 2.17. The van der Waals surface area contributed by atoms with Crippen molar-refractivity contribution in [3.8, 4) is 0 Å². The van der Waals surface area contributed by atoms with E-state index in [0.717, 1.165) is 24.9 Å². The van der Waals surface area contributed by atoms with Crippen LogP contribution in [0.1, 0.15) is 11.1 Å². The molecule has 2 aromatic carbocycles. The van der Waals surface area contributed by atoms with Crippen molar-refractivity contribution in [3.63, 3.8) is 0 Å². The third kappa shape index (κ3) is 4.46. The van der Waals surface area contributed by atoms with Crippen LogP contribution in [0.25, 0.3) is 10.9 Å². The maximum Gasteiger partial charge on any atom is 0.233 e. The van der Waals surface area contributed by atoms with Crippen LogP contribution in [0, 0.1) is 0 Å². The van der Waals surface area contributed by atoms with Crippen LogP contribution < -0.4 is 10.6 Å². The van der Waals surface area contributed by atoms with E-state index in [1.807, 2.05) is 36.5 Å². The number of hydrogen-bond donors (Lipinski definition) is 3. The molecule has 0 saturated heterocycles. The Labute approximate surface area is 142 Å². The van der Waals surface area contributed by atoms with E-state index in [0.29, 0.717) is 13.1 Å². The molecular formula is C20H23N3O. The number of H-pyrrole nitrogens is 1. The molecule has 0 unspecified atom stereocenters. The smallest absolute Gasteiger partial charge is 0.233 e. The van der Waals surface area contributed by atoms with Gasteiger partial charge in [0.2, 0.25) is 5.91 Å². The van der Waals surface area contributed by atoms with Crippen molar-refractivity contribution >= 4 is 16.8 Å². The summed E-state index contributed by atoms with van der Waals surface area (Å²) in [5.41, 5.74) is 3.68. The van der Waals surface area contributed by atoms with E-state index in [4.69, 9.17) is 0 Å². The lowest BCUT2D eigenvalue weighted by atomic mass is 10.1. The summed E-state index contributed by atoms with van der Waals surface area (Å²) in [6.45, 7) is 1.82. The Hall–Kier alpha value is -2.59. The molecule has 1 amide bonds. The molecular weight excluding hydrogens is 298 g/mol. The van der Waals surface area contributed by atoms with Gasteiger partial charge in [-0.15, -0.1) is 0 Å². The fourth-order valence-electron chi connectivity index (χ4n) is 2.82. The quantitative estimate of drug-likeness (QED) is 0.559. The van der Waals surface area contributed by atoms with Crippen molar-refractivity contribution < 1.29 is 4.79 Å². The summed E-state index contributed by atoms with van der Waals surface area (Å²) in [4.78, 5) is 15.1. The summed E-state index contributed by atoms with van der Waals surface area (Å²) >= 11 is 0. The van der Waals surface area contributed by atoms with Gasteiger partial charge in [-0.25, -0.2) is 0 Å². The summed E-state index contributed by atoms with van der Waals surface area (Å²) in [6, 6.07) is 18.5. The van der Waals surface area contributed by atoms with Crippen LogP contribution in [0.2, 0.25) is 0 Å². The number of carbonyl (C=O) groups excluding carboxylic acids is 1. The number of fused-ring (bicyclic) bond motifs is 1. The molecule has 1 heterocycles. The van der Waals surface area contributed by atoms with Crippen LogP contribution in [0.4, 0.5) is 0 Å². The Morgan fingerprint density at radius 3 is 2.58 bits per heavy atom. The molecule has 3 rings (SSSR count). The summed E-state index contributed by atoms with van der Waals surface area (Å²) in [7, 11) is 0. The Bertz CT molecular complexity index is 780. The van der Waals surface area contributed by atoms with Crippen molar-refractivity contribution in [1.29, 1.82) is 0 Å². The fourth-order valence-corrected chi connectivity index (χ4v) is 2.82. The maximum absolute atomic E-state index is 11.8. The molecule has 0 spiro atoms. The molecule has 1 aromatic heterocycles. The van der Waals surface area contributed by atoms with E-state index in [1.165, 1.54) is 16.5 Å². The van der Waals surface area contributed by atoms with Gasteiger partial charge in [0.05, 0.1) is 6.54 Å². The molecule has 0 aliphatic heterocycles. The lowest BCUT2D eigenvalue weighted by molar-refractivity contribution is -0.120. The van der Waals surface area contributed by atoms with Crippen molar-refractivity contribution in [3.05, 3.63) is 71.9 Å². The number of para-hydroxylation sites is 1. The van der Waals surface area contributed by atoms with Gasteiger partial charge in [-0.05, 0) is 36.6 Å². The van der Waals surface area contributed by atoms with Crippen LogP contribution in [0.5, 0.6) is 0 Å². The lowest BCUT2D eigenvalue weighted by Crippen LogP contribution is -2.35. The van der Waals surface area contributed by atoms with Crippen LogP contribution in [0.3, 0.4) is 0 Å². The van der Waals surface area contributed by atoms with E-state index in [9.17, 15) is 4.79 Å². The van der Waals surface area contributed by atoms with Crippen LogP contribution >= 0.6 is 0 Å². The predicted octanol–water partition coefficient (Wildman–Crippen LogP) is 2.66. The van der Waals surface area contributed by atoms with Gasteiger partial charge in [0.25, 0.3) is 0 Å². The second kappa shape index (κ2) is 8.31. The van der Waals surface area contributed by atoms with Crippen molar-refractivity contribution in [2.75, 3.05) is 19.6 Å². The first-order valence-corrected chi connectivity index (χ1v) is 8.39. The molecule has 24 heavy (non-hydrogen) atoms. The van der Waals surface area contributed by atoms with Crippen molar-refractivity contribution in [2.24, 2.45) is 0 Å². The van der Waals surface area contributed by atoms with Crippen LogP contribution in [-0.4, -0.2) is 30.5 Å². The molecule has 0 aliphatic carbocycles. The van der Waals surface area contributed by atoms with Gasteiger partial charge in [0, 0.05) is 23.6 Å². The van der Waals surface area contributed by atoms with E-state index in [1.54, 1.807) is 0 Å². The second-order valence-electron chi connectivity index (χ2n) is 5.87. The zero-order valence-electron chi connectivity index (χ0n) is 13.7. The average Bonchev–Trinajstić information content (AvgIpc) is 3.03. The Balaban J connectivity index is 1.33. The largest absolute Gasteiger partial charge is 0.361 e. The normalized spacial score (nSPS) is 10.8. The van der Waals surface area contributed by atoms with Crippen molar-refractivity contribution in [2.45, 2.75) is 12.8 Å². The molecule has 0 atom stereocenters. The first-order valence-electron chi connectivity index (χ1n) is 8.39. The highest BCUT2D eigenvalue weighted by Gasteiger charge is 2.04. The summed E-state index contributed by atoms with van der Waals surface area (Å²) in [5, 5.41) is 7.41. The second-order valence-corrected chi connectivity index (χ2v) is 5.87. The minimum absolute atomic E-state index is 0.0462. The Morgan fingerprint density at radius 2 is 1.71 bits per heavy atom. The predicted molar refractivity (Wildman–Crippen MR) is 98.0 cm³/mol. The highest BCUT2D eigenvalue weighted by molar-refractivity contribution is 5.83. The minimum atomic E-state index is 0.0462. The number of benzene rings is 2. The third-order valence-corrected chi connectivity index (χ3v) is 4.11. The Kier molecular flexibility index (Phi) is 5.64. The first-order chi connectivity index (χ1) is 11.8. The molecule has 0 radical (unpaired) electrons. The van der Waals surface area contributed by atoms with Crippen LogP contribution in [-0.2, 0) is 17.6 Å². The molecule has 4 nitrogen and oxygen atoms in total. The minimum Gasteiger partial charge on any atom is -0.361 e. The molecule has 0 bridgehead atoms. The number of aromatic amines is 1. The van der Waals surface area contributed by atoms with E-state index in [2.05, 4.69) is 39.9 Å². The van der Waals surface area contributed by atoms with Gasteiger partial charge in [0.1, 0.15) is 0 Å². The number of nitrogens with one attached hydrogen (secondary N) is 3. The highest BCUT2D eigenvalue weighted by atomic mass is 16.1. The zero-order valence-corrected chi connectivity index (χ0v) is 13.7. The molecule has 4 heteroatoms. The van der Waals surface area contributed by atoms with E-state index < -0.39 is 0 Å². The standard InChI is InChI=1S/C20H23N3O/c24-20(22-13-10-16-6-2-1-3-7-16)15-21-12-11-17-14-23-19-9-5-4-8-18(17)19/h1-9,14,21,23H,10-13,15H2,(H,22,24). The summed E-state index contributed by atoms with van der Waals surface area (Å²) < 4.78 is 0. The first kappa shape index (κ1) is 16.3. The van der Waals surface area contributed by atoms with Crippen LogP contribution in [0.15, 0.2) is 60.8 Å². The van der Waals surface area contributed by atoms with Gasteiger partial charge in [-0.1, -0.05) is 48.5 Å². The summed E-state index contributed by atoms with van der Waals surface area (Å²) in [6.07, 6.45) is 3.81. The van der Waals surface area contributed by atoms with E-state index >= 15 is 0 Å². The monoisotopic (exact) mass is 321 g/mol. The lowest BCUT2D eigenvalue weighted by Gasteiger charge is -2.07. The fraction of sp³-hybridized carbons (Fsp3) is 0.250. The van der Waals surface area contributed by atoms with Gasteiger partial charge in [0.15, 0.2) is 0 Å². The average molecular weight is 321 g/mol. The Morgan fingerprint density at radius 1 is 0.917 bits per heavy atom. The number of carbonyl (C=O) groups is 1. The molecule has 0 fully saturated rings. The van der Waals surface area contributed by atoms with E-state index in [-0.39, 0.29) is 5.91 Å². The molecule has 0 aliphatic rings. The maximum atomic E-state index is 11.8. The van der Waals surface area contributed by atoms with Gasteiger partial charge in [-0.2, -0.15) is 0 Å². The van der Waals surface area contributed by atoms with Gasteiger partial charge in [-0.3, -0.25) is 4.79 Å². The zero-order chi connectivity index (χ0) is 16.6. The molecule has 124 valence electrons. The third-order valence-electron chi connectivity index (χ3n) is 4.11. The molecule has 3 N–H and O–H groups in total. The SMILES string of the molecule is O=C(CNCCc1c[nH]c2ccccc12)NCCc1ccccc1. The van der Waals surface area contributed by atoms with Crippen molar-refractivity contribution in [1.82, 2.24) is 15.6 Å². The number of amides is 1.